The Morgan fingerprint density at radius 2 is 1.66 bits per heavy atom. The van der Waals surface area contributed by atoms with Crippen LogP contribution in [0, 0.1) is 46.3 Å². The SMILES string of the molecule is CC(C)CCCC(C)[C@H]1CC[C@H]2[C@@H]3CC=C4C[C@@H](O)CC[C@]4(C)[C@H]3CC[C@]12C.OCCO. The van der Waals surface area contributed by atoms with Gasteiger partial charge in [-0.25, -0.2) is 0 Å². The zero-order valence-corrected chi connectivity index (χ0v) is 21.7. The maximum Gasteiger partial charge on any atom is 0.0662 e. The Balaban J connectivity index is 0.000000668. The van der Waals surface area contributed by atoms with Crippen molar-refractivity contribution in [2.45, 2.75) is 111 Å². The molecular formula is C29H52O3. The van der Waals surface area contributed by atoms with Gasteiger partial charge in [-0.2, -0.15) is 0 Å². The van der Waals surface area contributed by atoms with E-state index in [-0.39, 0.29) is 19.3 Å². The Hall–Kier alpha value is -0.380. The summed E-state index contributed by atoms with van der Waals surface area (Å²) in [6.45, 7) is 12.3. The molecule has 0 aromatic heterocycles. The molecule has 4 aliphatic carbocycles. The van der Waals surface area contributed by atoms with Crippen LogP contribution in [0.15, 0.2) is 11.6 Å². The molecule has 0 aliphatic heterocycles. The van der Waals surface area contributed by atoms with Crippen molar-refractivity contribution in [3.63, 3.8) is 0 Å². The van der Waals surface area contributed by atoms with Gasteiger partial charge in [-0.3, -0.25) is 0 Å². The van der Waals surface area contributed by atoms with Crippen molar-refractivity contribution in [1.29, 1.82) is 0 Å². The number of aliphatic hydroxyl groups excluding tert-OH is 3. The Kier molecular flexibility index (Phi) is 8.94. The van der Waals surface area contributed by atoms with Crippen molar-refractivity contribution < 1.29 is 15.3 Å². The Morgan fingerprint density at radius 3 is 2.31 bits per heavy atom. The topological polar surface area (TPSA) is 60.7 Å². The smallest absolute Gasteiger partial charge is 0.0662 e. The Bertz CT molecular complexity index is 626. The molecule has 0 heterocycles. The highest BCUT2D eigenvalue weighted by atomic mass is 16.3. The maximum absolute atomic E-state index is 10.2. The second kappa shape index (κ2) is 10.9. The number of fused-ring (bicyclic) bond motifs is 5. The fraction of sp³-hybridized carbons (Fsp3) is 0.931. The predicted octanol–water partition coefficient (Wildman–Crippen LogP) is 6.36. The van der Waals surface area contributed by atoms with Crippen molar-refractivity contribution in [2.24, 2.45) is 46.3 Å². The van der Waals surface area contributed by atoms with Gasteiger partial charge in [-0.15, -0.1) is 0 Å². The number of hydrogen-bond donors (Lipinski definition) is 3. The van der Waals surface area contributed by atoms with Crippen molar-refractivity contribution in [2.75, 3.05) is 13.2 Å². The molecule has 8 atom stereocenters. The molecule has 4 rings (SSSR count). The molecule has 3 nitrogen and oxygen atoms in total. The first-order valence-electron chi connectivity index (χ1n) is 13.8. The van der Waals surface area contributed by atoms with E-state index in [1.54, 1.807) is 5.57 Å². The number of aliphatic hydroxyl groups is 3. The van der Waals surface area contributed by atoms with Crippen molar-refractivity contribution in [3.05, 3.63) is 11.6 Å². The van der Waals surface area contributed by atoms with Gasteiger partial charge in [0.25, 0.3) is 0 Å². The third-order valence-electron chi connectivity index (χ3n) is 10.4. The summed E-state index contributed by atoms with van der Waals surface area (Å²) in [4.78, 5) is 0. The van der Waals surface area contributed by atoms with Crippen LogP contribution in [0.1, 0.15) is 105 Å². The van der Waals surface area contributed by atoms with Gasteiger partial charge in [0.1, 0.15) is 0 Å². The molecule has 3 fully saturated rings. The summed E-state index contributed by atoms with van der Waals surface area (Å²) in [6.07, 6.45) is 17.2. The monoisotopic (exact) mass is 448 g/mol. The molecule has 0 bridgehead atoms. The average molecular weight is 449 g/mol. The summed E-state index contributed by atoms with van der Waals surface area (Å²) < 4.78 is 0. The molecule has 32 heavy (non-hydrogen) atoms. The highest BCUT2D eigenvalue weighted by molar-refractivity contribution is 5.25. The predicted molar refractivity (Wildman–Crippen MR) is 133 cm³/mol. The van der Waals surface area contributed by atoms with Crippen molar-refractivity contribution in [1.82, 2.24) is 0 Å². The van der Waals surface area contributed by atoms with E-state index in [1.807, 2.05) is 0 Å². The van der Waals surface area contributed by atoms with Gasteiger partial charge < -0.3 is 15.3 Å². The lowest BCUT2D eigenvalue weighted by Gasteiger charge is -2.58. The summed E-state index contributed by atoms with van der Waals surface area (Å²) in [6, 6.07) is 0. The second-order valence-corrected chi connectivity index (χ2v) is 12.6. The van der Waals surface area contributed by atoms with Crippen LogP contribution in [0.5, 0.6) is 0 Å². The molecule has 0 radical (unpaired) electrons. The minimum atomic E-state index is -0.125. The highest BCUT2D eigenvalue weighted by Gasteiger charge is 2.59. The van der Waals surface area contributed by atoms with Crippen LogP contribution >= 0.6 is 0 Å². The van der Waals surface area contributed by atoms with Crippen LogP contribution in [-0.4, -0.2) is 34.6 Å². The first-order chi connectivity index (χ1) is 15.2. The zero-order valence-electron chi connectivity index (χ0n) is 21.7. The van der Waals surface area contributed by atoms with E-state index in [4.69, 9.17) is 10.2 Å². The van der Waals surface area contributed by atoms with E-state index in [2.05, 4.69) is 40.7 Å². The van der Waals surface area contributed by atoms with Crippen LogP contribution in [0.3, 0.4) is 0 Å². The van der Waals surface area contributed by atoms with E-state index in [0.29, 0.717) is 10.8 Å². The number of allylic oxidation sites excluding steroid dienone is 1. The van der Waals surface area contributed by atoms with E-state index in [1.165, 1.54) is 57.8 Å². The molecule has 0 aromatic rings. The van der Waals surface area contributed by atoms with Crippen LogP contribution in [0.2, 0.25) is 0 Å². The molecular weight excluding hydrogens is 396 g/mol. The lowest BCUT2D eigenvalue weighted by Crippen LogP contribution is -2.50. The summed E-state index contributed by atoms with van der Waals surface area (Å²) in [5.74, 6) is 5.46. The number of hydrogen-bond acceptors (Lipinski definition) is 3. The molecule has 3 heteroatoms. The van der Waals surface area contributed by atoms with Crippen LogP contribution in [0.25, 0.3) is 0 Å². The molecule has 3 saturated carbocycles. The lowest BCUT2D eigenvalue weighted by molar-refractivity contribution is -0.0573. The third-order valence-corrected chi connectivity index (χ3v) is 10.4. The number of rotatable bonds is 6. The fourth-order valence-electron chi connectivity index (χ4n) is 8.67. The van der Waals surface area contributed by atoms with E-state index in [9.17, 15) is 5.11 Å². The fourth-order valence-corrected chi connectivity index (χ4v) is 8.67. The van der Waals surface area contributed by atoms with Crippen molar-refractivity contribution in [3.8, 4) is 0 Å². The summed E-state index contributed by atoms with van der Waals surface area (Å²) in [5.41, 5.74) is 2.60. The quantitative estimate of drug-likeness (QED) is 0.414. The Labute approximate surface area is 198 Å². The van der Waals surface area contributed by atoms with E-state index < -0.39 is 0 Å². The molecule has 0 amide bonds. The van der Waals surface area contributed by atoms with Gasteiger partial charge in [0.15, 0.2) is 0 Å². The Morgan fingerprint density at radius 1 is 0.938 bits per heavy atom. The van der Waals surface area contributed by atoms with Gasteiger partial charge in [0, 0.05) is 0 Å². The highest BCUT2D eigenvalue weighted by Crippen LogP contribution is 2.67. The third kappa shape index (κ3) is 5.15. The zero-order chi connectivity index (χ0) is 23.5. The molecule has 1 unspecified atom stereocenters. The largest absolute Gasteiger partial charge is 0.394 e. The maximum atomic E-state index is 10.2. The van der Waals surface area contributed by atoms with Gasteiger partial charge in [-0.05, 0) is 97.7 Å². The molecule has 0 spiro atoms. The van der Waals surface area contributed by atoms with Gasteiger partial charge in [-0.1, -0.05) is 65.5 Å². The minimum absolute atomic E-state index is 0.0766. The molecule has 0 saturated heterocycles. The standard InChI is InChI=1S/C27H46O.C2H6O2/c1-18(2)7-6-8-19(3)23-11-12-24-22-10-9-20-17-21(28)13-15-26(20,4)25(22)14-16-27(23,24)5;3-1-2-4/h9,18-19,21-25,28H,6-8,10-17H2,1-5H3;3-4H,1-2H2/t19?,21-,22-,23+,24-,25-,26-,27+;/m0./s1. The summed E-state index contributed by atoms with van der Waals surface area (Å²) >= 11 is 0. The summed E-state index contributed by atoms with van der Waals surface area (Å²) in [5, 5.41) is 25.5. The van der Waals surface area contributed by atoms with Crippen LogP contribution < -0.4 is 0 Å². The molecule has 3 N–H and O–H groups in total. The van der Waals surface area contributed by atoms with Crippen molar-refractivity contribution >= 4 is 0 Å². The lowest BCUT2D eigenvalue weighted by atomic mass is 9.47. The van der Waals surface area contributed by atoms with E-state index in [0.717, 1.165) is 48.3 Å². The first-order valence-corrected chi connectivity index (χ1v) is 13.8. The first kappa shape index (κ1) is 26.2. The van der Waals surface area contributed by atoms with Gasteiger partial charge in [0.05, 0.1) is 19.3 Å². The van der Waals surface area contributed by atoms with Gasteiger partial charge in [0.2, 0.25) is 0 Å². The molecule has 186 valence electrons. The normalized spacial score (nSPS) is 41.7. The van der Waals surface area contributed by atoms with Gasteiger partial charge >= 0.3 is 0 Å². The van der Waals surface area contributed by atoms with E-state index >= 15 is 0 Å². The second-order valence-electron chi connectivity index (χ2n) is 12.6. The van der Waals surface area contributed by atoms with Crippen LogP contribution in [0.4, 0.5) is 0 Å². The average Bonchev–Trinajstić information content (AvgIpc) is 3.11. The minimum Gasteiger partial charge on any atom is -0.394 e. The van der Waals surface area contributed by atoms with Crippen LogP contribution in [-0.2, 0) is 0 Å². The summed E-state index contributed by atoms with van der Waals surface area (Å²) in [7, 11) is 0. The molecule has 0 aromatic carbocycles. The molecule has 4 aliphatic rings.